The molecule has 0 bridgehead atoms. The van der Waals surface area contributed by atoms with Gasteiger partial charge in [-0.2, -0.15) is 0 Å². The molecule has 2 aromatic carbocycles. The molecule has 0 saturated heterocycles. The number of rotatable bonds is 2. The third-order valence-electron chi connectivity index (χ3n) is 3.08. The Balaban J connectivity index is 2.18. The van der Waals surface area contributed by atoms with Crippen molar-refractivity contribution in [3.8, 4) is 0 Å². The highest BCUT2D eigenvalue weighted by Gasteiger charge is 2.19. The highest BCUT2D eigenvalue weighted by molar-refractivity contribution is 9.10. The number of nitrogens with one attached hydrogen (secondary N) is 1. The maximum absolute atomic E-state index is 13.9. The summed E-state index contributed by atoms with van der Waals surface area (Å²) in [7, 11) is 0. The van der Waals surface area contributed by atoms with Crippen molar-refractivity contribution in [1.29, 1.82) is 0 Å². The number of carbonyl (C=O) groups excluding carboxylic acids is 1. The second-order valence-corrected chi connectivity index (χ2v) is 5.64. The van der Waals surface area contributed by atoms with Crippen LogP contribution >= 0.6 is 27.5 Å². The van der Waals surface area contributed by atoms with E-state index in [0.29, 0.717) is 16.1 Å². The zero-order chi connectivity index (χ0) is 14.3. The Hall–Kier alpha value is -1.65. The lowest BCUT2D eigenvalue weighted by atomic mass is 10.0. The molecular formula is C15H8BrClFNO. The number of aromatic nitrogens is 1. The van der Waals surface area contributed by atoms with Crippen molar-refractivity contribution in [2.75, 3.05) is 0 Å². The predicted molar refractivity (Wildman–Crippen MR) is 80.8 cm³/mol. The summed E-state index contributed by atoms with van der Waals surface area (Å²) in [4.78, 5) is 15.4. The van der Waals surface area contributed by atoms with Crippen LogP contribution in [0.3, 0.4) is 0 Å². The van der Waals surface area contributed by atoms with Crippen LogP contribution in [0.2, 0.25) is 5.02 Å². The van der Waals surface area contributed by atoms with Crippen LogP contribution in [0.1, 0.15) is 15.9 Å². The normalized spacial score (nSPS) is 10.9. The van der Waals surface area contributed by atoms with Crippen LogP contribution < -0.4 is 0 Å². The molecule has 1 aromatic heterocycles. The van der Waals surface area contributed by atoms with E-state index in [9.17, 15) is 9.18 Å². The number of hydrogen-bond donors (Lipinski definition) is 1. The standard InChI is InChI=1S/C15H8BrClFNO/c16-8-4-5-9(11(17)6-8)15(20)10-7-19-13-3-1-2-12(18)14(10)13/h1-7,19H. The fourth-order valence-electron chi connectivity index (χ4n) is 2.14. The Labute approximate surface area is 127 Å². The first-order valence-corrected chi connectivity index (χ1v) is 7.00. The molecule has 2 nitrogen and oxygen atoms in total. The molecule has 3 rings (SSSR count). The molecule has 5 heteroatoms. The number of ketones is 1. The van der Waals surface area contributed by atoms with Gasteiger partial charge in [0.1, 0.15) is 5.82 Å². The lowest BCUT2D eigenvalue weighted by Gasteiger charge is -2.03. The third kappa shape index (κ3) is 2.15. The number of carbonyl (C=O) groups is 1. The zero-order valence-electron chi connectivity index (χ0n) is 10.1. The van der Waals surface area contributed by atoms with Gasteiger partial charge in [-0.1, -0.05) is 33.6 Å². The maximum Gasteiger partial charge on any atom is 0.196 e. The van der Waals surface area contributed by atoms with E-state index in [4.69, 9.17) is 11.6 Å². The minimum Gasteiger partial charge on any atom is -0.360 e. The molecular weight excluding hydrogens is 345 g/mol. The van der Waals surface area contributed by atoms with Gasteiger partial charge in [0.2, 0.25) is 0 Å². The molecule has 0 unspecified atom stereocenters. The first-order valence-electron chi connectivity index (χ1n) is 5.83. The number of benzene rings is 2. The average Bonchev–Trinajstić information content (AvgIpc) is 2.83. The molecule has 0 spiro atoms. The molecule has 0 fully saturated rings. The maximum atomic E-state index is 13.9. The highest BCUT2D eigenvalue weighted by Crippen LogP contribution is 2.28. The van der Waals surface area contributed by atoms with E-state index in [1.165, 1.54) is 12.3 Å². The van der Waals surface area contributed by atoms with E-state index in [0.717, 1.165) is 4.47 Å². The Morgan fingerprint density at radius 3 is 2.75 bits per heavy atom. The fourth-order valence-corrected chi connectivity index (χ4v) is 2.90. The number of halogens is 3. The van der Waals surface area contributed by atoms with Crippen LogP contribution in [0.4, 0.5) is 4.39 Å². The second-order valence-electron chi connectivity index (χ2n) is 4.32. The van der Waals surface area contributed by atoms with Gasteiger partial charge in [-0.15, -0.1) is 0 Å². The van der Waals surface area contributed by atoms with Gasteiger partial charge in [-0.3, -0.25) is 4.79 Å². The van der Waals surface area contributed by atoms with E-state index in [1.54, 1.807) is 30.3 Å². The molecule has 20 heavy (non-hydrogen) atoms. The predicted octanol–water partition coefficient (Wildman–Crippen LogP) is 4.95. The van der Waals surface area contributed by atoms with Crippen molar-refractivity contribution < 1.29 is 9.18 Å². The average molecular weight is 353 g/mol. The van der Waals surface area contributed by atoms with Gasteiger partial charge in [0, 0.05) is 27.1 Å². The van der Waals surface area contributed by atoms with Gasteiger partial charge in [-0.25, -0.2) is 4.39 Å². The van der Waals surface area contributed by atoms with Crippen molar-refractivity contribution >= 4 is 44.2 Å². The Bertz CT molecular complexity index is 828. The number of aromatic amines is 1. The largest absolute Gasteiger partial charge is 0.360 e. The van der Waals surface area contributed by atoms with Gasteiger partial charge < -0.3 is 4.98 Å². The van der Waals surface area contributed by atoms with Crippen LogP contribution in [0.15, 0.2) is 47.1 Å². The summed E-state index contributed by atoms with van der Waals surface area (Å²) in [5.41, 5.74) is 1.21. The number of fused-ring (bicyclic) bond motifs is 1. The summed E-state index contributed by atoms with van der Waals surface area (Å²) in [6.45, 7) is 0. The first kappa shape index (κ1) is 13.3. The van der Waals surface area contributed by atoms with Crippen LogP contribution in [-0.4, -0.2) is 10.8 Å². The molecule has 0 saturated carbocycles. The van der Waals surface area contributed by atoms with Crippen LogP contribution in [0.5, 0.6) is 0 Å². The summed E-state index contributed by atoms with van der Waals surface area (Å²) in [6, 6.07) is 9.63. The van der Waals surface area contributed by atoms with Crippen LogP contribution in [0.25, 0.3) is 10.9 Å². The van der Waals surface area contributed by atoms with E-state index < -0.39 is 5.82 Å². The molecule has 3 aromatic rings. The Kier molecular flexibility index (Phi) is 3.36. The fraction of sp³-hybridized carbons (Fsp3) is 0. The molecule has 0 radical (unpaired) electrons. The van der Waals surface area contributed by atoms with Crippen molar-refractivity contribution in [1.82, 2.24) is 4.98 Å². The molecule has 100 valence electrons. The minimum atomic E-state index is -0.430. The van der Waals surface area contributed by atoms with Crippen LogP contribution in [-0.2, 0) is 0 Å². The summed E-state index contributed by atoms with van der Waals surface area (Å²) < 4.78 is 14.7. The Morgan fingerprint density at radius 2 is 2.00 bits per heavy atom. The zero-order valence-corrected chi connectivity index (χ0v) is 12.4. The lowest BCUT2D eigenvalue weighted by Crippen LogP contribution is -2.02. The van der Waals surface area contributed by atoms with Gasteiger partial charge in [0.05, 0.1) is 10.6 Å². The topological polar surface area (TPSA) is 32.9 Å². The molecule has 1 heterocycles. The Morgan fingerprint density at radius 1 is 1.20 bits per heavy atom. The van der Waals surface area contributed by atoms with Gasteiger partial charge >= 0.3 is 0 Å². The third-order valence-corrected chi connectivity index (χ3v) is 3.88. The SMILES string of the molecule is O=C(c1ccc(Br)cc1Cl)c1c[nH]c2cccc(F)c12. The summed E-state index contributed by atoms with van der Waals surface area (Å²) in [5.74, 6) is -0.737. The lowest BCUT2D eigenvalue weighted by molar-refractivity contribution is 0.104. The van der Waals surface area contributed by atoms with E-state index in [1.807, 2.05) is 0 Å². The summed E-state index contributed by atoms with van der Waals surface area (Å²) in [6.07, 6.45) is 1.51. The van der Waals surface area contributed by atoms with Crippen molar-refractivity contribution in [3.63, 3.8) is 0 Å². The highest BCUT2D eigenvalue weighted by atomic mass is 79.9. The number of hydrogen-bond acceptors (Lipinski definition) is 1. The first-order chi connectivity index (χ1) is 9.58. The minimum absolute atomic E-state index is 0.280. The monoisotopic (exact) mass is 351 g/mol. The molecule has 0 aliphatic heterocycles. The van der Waals surface area contributed by atoms with Gasteiger partial charge in [0.25, 0.3) is 0 Å². The summed E-state index contributed by atoms with van der Waals surface area (Å²) >= 11 is 9.36. The van der Waals surface area contributed by atoms with Crippen molar-refractivity contribution in [3.05, 3.63) is 69.0 Å². The number of H-pyrrole nitrogens is 1. The summed E-state index contributed by atoms with van der Waals surface area (Å²) in [5, 5.41) is 0.617. The second kappa shape index (κ2) is 5.04. The molecule has 0 amide bonds. The molecule has 0 aliphatic rings. The van der Waals surface area contributed by atoms with E-state index >= 15 is 0 Å². The van der Waals surface area contributed by atoms with Crippen molar-refractivity contribution in [2.24, 2.45) is 0 Å². The van der Waals surface area contributed by atoms with E-state index in [2.05, 4.69) is 20.9 Å². The smallest absolute Gasteiger partial charge is 0.196 e. The van der Waals surface area contributed by atoms with Crippen molar-refractivity contribution in [2.45, 2.75) is 0 Å². The van der Waals surface area contributed by atoms with Gasteiger partial charge in [-0.05, 0) is 30.3 Å². The quantitative estimate of drug-likeness (QED) is 0.650. The molecule has 0 atom stereocenters. The molecule has 1 N–H and O–H groups in total. The van der Waals surface area contributed by atoms with Crippen LogP contribution in [0, 0.1) is 5.82 Å². The van der Waals surface area contributed by atoms with Gasteiger partial charge in [0.15, 0.2) is 5.78 Å². The van der Waals surface area contributed by atoms with E-state index in [-0.39, 0.29) is 16.7 Å². The molecule has 0 aliphatic carbocycles.